The highest BCUT2D eigenvalue weighted by Crippen LogP contribution is 2.35. The quantitative estimate of drug-likeness (QED) is 0.684. The van der Waals surface area contributed by atoms with Crippen LogP contribution in [-0.2, 0) is 22.7 Å². The Morgan fingerprint density at radius 2 is 1.91 bits per heavy atom. The van der Waals surface area contributed by atoms with Gasteiger partial charge in [0.05, 0.1) is 6.20 Å². The fraction of sp³-hybridized carbons (Fsp3) is 0.520. The molecule has 2 aromatic rings. The third kappa shape index (κ3) is 4.24. The Labute approximate surface area is 198 Å². The Balaban J connectivity index is 1.25. The van der Waals surface area contributed by atoms with Crippen molar-refractivity contribution in [1.29, 1.82) is 0 Å². The smallest absolute Gasteiger partial charge is 0.255 e. The molecule has 0 radical (unpaired) electrons. The Morgan fingerprint density at radius 3 is 2.59 bits per heavy atom. The van der Waals surface area contributed by atoms with Crippen LogP contribution < -0.4 is 5.32 Å². The number of piperidine rings is 2. The summed E-state index contributed by atoms with van der Waals surface area (Å²) in [6.07, 6.45) is 6.19. The van der Waals surface area contributed by atoms with Gasteiger partial charge in [-0.15, -0.1) is 0 Å². The van der Waals surface area contributed by atoms with Gasteiger partial charge in [-0.1, -0.05) is 6.07 Å². The third-order valence-corrected chi connectivity index (χ3v) is 7.26. The maximum Gasteiger partial charge on any atom is 0.255 e. The first-order valence-electron chi connectivity index (χ1n) is 12.0. The van der Waals surface area contributed by atoms with Gasteiger partial charge < -0.3 is 4.90 Å². The van der Waals surface area contributed by atoms with Crippen molar-refractivity contribution < 1.29 is 18.8 Å². The van der Waals surface area contributed by atoms with Crippen LogP contribution in [0.2, 0.25) is 0 Å². The summed E-state index contributed by atoms with van der Waals surface area (Å²) in [5, 5.41) is 6.71. The molecule has 3 amide bonds. The number of hydrogen-bond acceptors (Lipinski definition) is 5. The predicted octanol–water partition coefficient (Wildman–Crippen LogP) is 2.74. The summed E-state index contributed by atoms with van der Waals surface area (Å²) in [6.45, 7) is 7.05. The number of aromatic nitrogens is 2. The van der Waals surface area contributed by atoms with Crippen LogP contribution in [0.5, 0.6) is 0 Å². The van der Waals surface area contributed by atoms with Crippen LogP contribution in [0.1, 0.15) is 78.5 Å². The molecule has 0 saturated carbocycles. The van der Waals surface area contributed by atoms with E-state index in [1.54, 1.807) is 0 Å². The molecule has 0 aliphatic carbocycles. The number of halogens is 1. The zero-order valence-corrected chi connectivity index (χ0v) is 19.6. The molecule has 1 aromatic carbocycles. The molecule has 1 aromatic heterocycles. The van der Waals surface area contributed by atoms with Crippen molar-refractivity contribution in [3.8, 4) is 0 Å². The van der Waals surface area contributed by atoms with Crippen LogP contribution >= 0.6 is 0 Å². The molecule has 3 aliphatic rings. The number of amides is 3. The number of hydrogen-bond donors (Lipinski definition) is 1. The highest BCUT2D eigenvalue weighted by molar-refractivity contribution is 6.05. The first-order chi connectivity index (χ1) is 16.3. The molecule has 34 heavy (non-hydrogen) atoms. The summed E-state index contributed by atoms with van der Waals surface area (Å²) in [5.74, 6) is -1.37. The topological polar surface area (TPSA) is 87.5 Å². The number of nitrogens with one attached hydrogen (secondary N) is 1. The Bertz CT molecular complexity index is 1140. The second-order valence-corrected chi connectivity index (χ2v) is 9.90. The average Bonchev–Trinajstić information content (AvgIpc) is 3.39. The van der Waals surface area contributed by atoms with Crippen molar-refractivity contribution in [2.24, 2.45) is 0 Å². The SMILES string of the molecule is CC(C)n1cc(CN2CCC(c3cc4c(cc3F)C(=O)N(C3CCC(=O)NC3=O)C4)CC2)cn1. The van der Waals surface area contributed by atoms with Gasteiger partial charge in [0.15, 0.2) is 0 Å². The Kier molecular flexibility index (Phi) is 5.97. The molecule has 9 heteroatoms. The van der Waals surface area contributed by atoms with E-state index >= 15 is 4.39 Å². The summed E-state index contributed by atoms with van der Waals surface area (Å²) in [4.78, 5) is 40.5. The number of rotatable bonds is 5. The van der Waals surface area contributed by atoms with Crippen molar-refractivity contribution >= 4 is 17.7 Å². The summed E-state index contributed by atoms with van der Waals surface area (Å²) >= 11 is 0. The van der Waals surface area contributed by atoms with Gasteiger partial charge in [-0.2, -0.15) is 5.10 Å². The fourth-order valence-electron chi connectivity index (χ4n) is 5.32. The van der Waals surface area contributed by atoms with Crippen LogP contribution in [0.3, 0.4) is 0 Å². The van der Waals surface area contributed by atoms with Gasteiger partial charge in [0.25, 0.3) is 5.91 Å². The first-order valence-corrected chi connectivity index (χ1v) is 12.0. The van der Waals surface area contributed by atoms with Gasteiger partial charge >= 0.3 is 0 Å². The van der Waals surface area contributed by atoms with Gasteiger partial charge in [0.1, 0.15) is 11.9 Å². The molecule has 1 N–H and O–H groups in total. The molecule has 1 unspecified atom stereocenters. The van der Waals surface area contributed by atoms with Gasteiger partial charge in [-0.25, -0.2) is 4.39 Å². The van der Waals surface area contributed by atoms with E-state index in [9.17, 15) is 14.4 Å². The molecule has 2 saturated heterocycles. The van der Waals surface area contributed by atoms with E-state index in [2.05, 4.69) is 35.4 Å². The molecule has 0 bridgehead atoms. The molecule has 2 fully saturated rings. The van der Waals surface area contributed by atoms with Crippen molar-refractivity contribution in [3.05, 3.63) is 52.6 Å². The Hall–Kier alpha value is -3.07. The Morgan fingerprint density at radius 1 is 1.15 bits per heavy atom. The maximum absolute atomic E-state index is 15.1. The summed E-state index contributed by atoms with van der Waals surface area (Å²) in [6, 6.07) is 2.81. The second kappa shape index (κ2) is 8.94. The zero-order valence-electron chi connectivity index (χ0n) is 19.6. The van der Waals surface area contributed by atoms with Crippen LogP contribution in [0, 0.1) is 5.82 Å². The largest absolute Gasteiger partial charge is 0.322 e. The van der Waals surface area contributed by atoms with Gasteiger partial charge in [0.2, 0.25) is 11.8 Å². The lowest BCUT2D eigenvalue weighted by atomic mass is 9.87. The van der Waals surface area contributed by atoms with Crippen LogP contribution in [0.15, 0.2) is 24.5 Å². The van der Waals surface area contributed by atoms with E-state index in [0.29, 0.717) is 23.6 Å². The van der Waals surface area contributed by atoms with E-state index in [1.807, 2.05) is 16.9 Å². The number of imide groups is 1. The molecule has 3 aliphatic heterocycles. The van der Waals surface area contributed by atoms with E-state index < -0.39 is 11.9 Å². The molecule has 4 heterocycles. The highest BCUT2D eigenvalue weighted by Gasteiger charge is 2.40. The molecule has 0 spiro atoms. The van der Waals surface area contributed by atoms with Crippen LogP contribution in [-0.4, -0.2) is 56.4 Å². The van der Waals surface area contributed by atoms with E-state index in [0.717, 1.165) is 38.0 Å². The molecule has 180 valence electrons. The minimum Gasteiger partial charge on any atom is -0.322 e. The predicted molar refractivity (Wildman–Crippen MR) is 122 cm³/mol. The lowest BCUT2D eigenvalue weighted by molar-refractivity contribution is -0.136. The number of benzene rings is 1. The molecular weight excluding hydrogens is 437 g/mol. The van der Waals surface area contributed by atoms with E-state index in [1.165, 1.54) is 16.5 Å². The lowest BCUT2D eigenvalue weighted by Crippen LogP contribution is -2.52. The monoisotopic (exact) mass is 467 g/mol. The third-order valence-electron chi connectivity index (χ3n) is 7.26. The summed E-state index contributed by atoms with van der Waals surface area (Å²) in [7, 11) is 0. The summed E-state index contributed by atoms with van der Waals surface area (Å²) < 4.78 is 17.1. The first kappa shape index (κ1) is 22.7. The lowest BCUT2D eigenvalue weighted by Gasteiger charge is -2.32. The van der Waals surface area contributed by atoms with E-state index in [4.69, 9.17) is 0 Å². The number of fused-ring (bicyclic) bond motifs is 1. The molecule has 5 rings (SSSR count). The molecule has 8 nitrogen and oxygen atoms in total. The number of likely N-dealkylation sites (tertiary alicyclic amines) is 1. The number of carbonyl (C=O) groups is 3. The van der Waals surface area contributed by atoms with E-state index in [-0.39, 0.29) is 36.5 Å². The van der Waals surface area contributed by atoms with Crippen molar-refractivity contribution in [2.45, 2.75) is 70.6 Å². The highest BCUT2D eigenvalue weighted by atomic mass is 19.1. The molecule has 1 atom stereocenters. The van der Waals surface area contributed by atoms with Gasteiger partial charge in [-0.05, 0) is 69.3 Å². The summed E-state index contributed by atoms with van der Waals surface area (Å²) in [5.41, 5.74) is 2.92. The number of carbonyl (C=O) groups excluding carboxylic acids is 3. The average molecular weight is 468 g/mol. The van der Waals surface area contributed by atoms with Gasteiger partial charge in [-0.3, -0.25) is 29.3 Å². The van der Waals surface area contributed by atoms with Crippen LogP contribution in [0.4, 0.5) is 4.39 Å². The fourth-order valence-corrected chi connectivity index (χ4v) is 5.32. The van der Waals surface area contributed by atoms with Crippen molar-refractivity contribution in [1.82, 2.24) is 24.9 Å². The van der Waals surface area contributed by atoms with Crippen molar-refractivity contribution in [2.75, 3.05) is 13.1 Å². The second-order valence-electron chi connectivity index (χ2n) is 9.90. The van der Waals surface area contributed by atoms with Crippen molar-refractivity contribution in [3.63, 3.8) is 0 Å². The standard InChI is InChI=1S/C25H30FN5O3/c1-15(2)31-13-16(11-27-31)12-29-7-5-17(6-8-29)19-9-18-14-30(25(34)20(18)10-21(19)26)22-3-4-23(32)28-24(22)33/h9-11,13,15,17,22H,3-8,12,14H2,1-2H3,(H,28,32,33). The van der Waals surface area contributed by atoms with Crippen LogP contribution in [0.25, 0.3) is 0 Å². The minimum absolute atomic E-state index is 0.0969. The van der Waals surface area contributed by atoms with Gasteiger partial charge in [0, 0.05) is 42.9 Å². The maximum atomic E-state index is 15.1. The number of nitrogens with zero attached hydrogens (tertiary/aromatic N) is 4. The molecular formula is C25H30FN5O3. The normalized spacial score (nSPS) is 21.9. The zero-order chi connectivity index (χ0) is 24.0. The minimum atomic E-state index is -0.688.